The maximum atomic E-state index is 11.3. The third kappa shape index (κ3) is 2.50. The number of anilines is 2. The van der Waals surface area contributed by atoms with Gasteiger partial charge in [0.15, 0.2) is 0 Å². The van der Waals surface area contributed by atoms with E-state index in [4.69, 9.17) is 23.2 Å². The third-order valence-corrected chi connectivity index (χ3v) is 3.21. The van der Waals surface area contributed by atoms with Crippen LogP contribution in [0.4, 0.5) is 11.4 Å². The zero-order valence-corrected chi connectivity index (χ0v) is 11.2. The van der Waals surface area contributed by atoms with Crippen molar-refractivity contribution in [1.29, 1.82) is 0 Å². The molecule has 0 heterocycles. The fourth-order valence-electron chi connectivity index (χ4n) is 1.67. The lowest BCUT2D eigenvalue weighted by atomic mass is 10.2. The van der Waals surface area contributed by atoms with E-state index in [1.54, 1.807) is 18.2 Å². The summed E-state index contributed by atoms with van der Waals surface area (Å²) in [5.41, 5.74) is 2.35. The molecule has 4 heteroatoms. The molecule has 0 aliphatic carbocycles. The molecule has 0 bridgehead atoms. The van der Waals surface area contributed by atoms with E-state index < -0.39 is 0 Å². The van der Waals surface area contributed by atoms with Gasteiger partial charge in [0.25, 0.3) is 0 Å². The Morgan fingerprint density at radius 2 is 1.56 bits per heavy atom. The number of aryl methyl sites for hydroxylation is 1. The van der Waals surface area contributed by atoms with Crippen LogP contribution in [0.1, 0.15) is 5.56 Å². The summed E-state index contributed by atoms with van der Waals surface area (Å²) in [5, 5.41) is 0.880. The van der Waals surface area contributed by atoms with Gasteiger partial charge in [-0.05, 0) is 31.2 Å². The molecule has 0 saturated heterocycles. The molecule has 0 saturated carbocycles. The Balaban J connectivity index is 2.52. The second-order valence-corrected chi connectivity index (χ2v) is 4.70. The van der Waals surface area contributed by atoms with Gasteiger partial charge in [-0.3, -0.25) is 9.69 Å². The number of rotatable bonds is 3. The monoisotopic (exact) mass is 279 g/mol. The highest BCUT2D eigenvalue weighted by atomic mass is 35.5. The number of amides is 1. The Hall–Kier alpha value is -1.51. The van der Waals surface area contributed by atoms with Crippen molar-refractivity contribution in [3.05, 3.63) is 58.1 Å². The topological polar surface area (TPSA) is 20.3 Å². The zero-order valence-electron chi connectivity index (χ0n) is 9.73. The van der Waals surface area contributed by atoms with Crippen LogP contribution in [0.3, 0.4) is 0 Å². The van der Waals surface area contributed by atoms with Crippen LogP contribution < -0.4 is 4.90 Å². The Morgan fingerprint density at radius 3 is 2.06 bits per heavy atom. The average Bonchev–Trinajstić information content (AvgIpc) is 2.35. The van der Waals surface area contributed by atoms with Gasteiger partial charge in [0.05, 0.1) is 15.7 Å². The van der Waals surface area contributed by atoms with Crippen LogP contribution in [-0.4, -0.2) is 6.41 Å². The van der Waals surface area contributed by atoms with Gasteiger partial charge in [-0.2, -0.15) is 0 Å². The number of hydrogen-bond acceptors (Lipinski definition) is 1. The first-order valence-electron chi connectivity index (χ1n) is 5.38. The van der Waals surface area contributed by atoms with E-state index in [2.05, 4.69) is 0 Å². The molecule has 2 aromatic rings. The summed E-state index contributed by atoms with van der Waals surface area (Å²) in [4.78, 5) is 12.7. The van der Waals surface area contributed by atoms with Crippen molar-refractivity contribution in [1.82, 2.24) is 0 Å². The van der Waals surface area contributed by atoms with E-state index in [-0.39, 0.29) is 0 Å². The Bertz CT molecular complexity index is 546. The summed E-state index contributed by atoms with van der Waals surface area (Å²) in [6.45, 7) is 1.98. The highest BCUT2D eigenvalue weighted by Crippen LogP contribution is 2.36. The largest absolute Gasteiger partial charge is 0.281 e. The Labute approximate surface area is 116 Å². The van der Waals surface area contributed by atoms with Crippen molar-refractivity contribution in [3.8, 4) is 0 Å². The van der Waals surface area contributed by atoms with Crippen molar-refractivity contribution < 1.29 is 4.79 Å². The van der Waals surface area contributed by atoms with Gasteiger partial charge in [-0.25, -0.2) is 0 Å². The zero-order chi connectivity index (χ0) is 13.1. The van der Waals surface area contributed by atoms with Crippen LogP contribution in [0.15, 0.2) is 42.5 Å². The number of benzene rings is 2. The molecular formula is C14H11Cl2NO. The lowest BCUT2D eigenvalue weighted by molar-refractivity contribution is -0.106. The number of hydrogen-bond donors (Lipinski definition) is 0. The van der Waals surface area contributed by atoms with Gasteiger partial charge in [0.1, 0.15) is 0 Å². The molecule has 18 heavy (non-hydrogen) atoms. The van der Waals surface area contributed by atoms with Crippen LogP contribution in [0.5, 0.6) is 0 Å². The van der Waals surface area contributed by atoms with Crippen molar-refractivity contribution in [2.75, 3.05) is 4.90 Å². The van der Waals surface area contributed by atoms with Gasteiger partial charge in [-0.1, -0.05) is 47.0 Å². The van der Waals surface area contributed by atoms with E-state index in [1.807, 2.05) is 31.2 Å². The van der Waals surface area contributed by atoms with Gasteiger partial charge in [0.2, 0.25) is 6.41 Å². The molecule has 2 aromatic carbocycles. The smallest absolute Gasteiger partial charge is 0.218 e. The first kappa shape index (κ1) is 12.9. The second-order valence-electron chi connectivity index (χ2n) is 3.88. The molecule has 0 unspecified atom stereocenters. The van der Waals surface area contributed by atoms with Crippen molar-refractivity contribution in [2.24, 2.45) is 0 Å². The minimum atomic E-state index is 0.440. The Kier molecular flexibility index (Phi) is 3.90. The predicted octanol–water partition coefficient (Wildman–Crippen LogP) is 4.60. The summed E-state index contributed by atoms with van der Waals surface area (Å²) in [6, 6.07) is 12.7. The molecule has 0 radical (unpaired) electrons. The number of para-hydroxylation sites is 1. The molecule has 2 rings (SSSR count). The summed E-state index contributed by atoms with van der Waals surface area (Å²) in [5.74, 6) is 0. The summed E-state index contributed by atoms with van der Waals surface area (Å²) >= 11 is 12.2. The van der Waals surface area contributed by atoms with E-state index >= 15 is 0 Å². The van der Waals surface area contributed by atoms with Crippen molar-refractivity contribution in [2.45, 2.75) is 6.92 Å². The molecular weight excluding hydrogens is 269 g/mol. The van der Waals surface area contributed by atoms with E-state index in [0.717, 1.165) is 11.3 Å². The highest BCUT2D eigenvalue weighted by Gasteiger charge is 2.15. The maximum absolute atomic E-state index is 11.3. The number of carbonyl (C=O) groups is 1. The molecule has 0 spiro atoms. The molecule has 0 atom stereocenters. The van der Waals surface area contributed by atoms with E-state index in [9.17, 15) is 4.79 Å². The predicted molar refractivity (Wildman–Crippen MR) is 75.8 cm³/mol. The molecule has 0 aliphatic heterocycles. The quantitative estimate of drug-likeness (QED) is 0.752. The Morgan fingerprint density at radius 1 is 1.00 bits per heavy atom. The van der Waals surface area contributed by atoms with Crippen LogP contribution in [0.25, 0.3) is 0 Å². The van der Waals surface area contributed by atoms with Gasteiger partial charge in [-0.15, -0.1) is 0 Å². The molecule has 0 aromatic heterocycles. The molecule has 0 aliphatic rings. The fourth-order valence-corrected chi connectivity index (χ4v) is 2.25. The van der Waals surface area contributed by atoms with Gasteiger partial charge < -0.3 is 0 Å². The third-order valence-electron chi connectivity index (χ3n) is 2.60. The highest BCUT2D eigenvalue weighted by molar-refractivity contribution is 6.40. The van der Waals surface area contributed by atoms with Crippen molar-refractivity contribution in [3.63, 3.8) is 0 Å². The summed E-state index contributed by atoms with van der Waals surface area (Å²) < 4.78 is 0. The molecule has 2 nitrogen and oxygen atoms in total. The van der Waals surface area contributed by atoms with E-state index in [0.29, 0.717) is 22.1 Å². The molecule has 0 N–H and O–H groups in total. The van der Waals surface area contributed by atoms with Crippen LogP contribution >= 0.6 is 23.2 Å². The first-order chi connectivity index (χ1) is 8.63. The summed E-state index contributed by atoms with van der Waals surface area (Å²) in [6.07, 6.45) is 0.706. The standard InChI is InChI=1S/C14H11Cl2NO/c1-10-5-7-11(8-6-10)17(9-18)14-12(15)3-2-4-13(14)16/h2-9H,1H3. The van der Waals surface area contributed by atoms with Crippen LogP contribution in [0.2, 0.25) is 10.0 Å². The van der Waals surface area contributed by atoms with Gasteiger partial charge >= 0.3 is 0 Å². The molecule has 92 valence electrons. The SMILES string of the molecule is Cc1ccc(N(C=O)c2c(Cl)cccc2Cl)cc1. The lowest BCUT2D eigenvalue weighted by Gasteiger charge is -2.20. The summed E-state index contributed by atoms with van der Waals surface area (Å²) in [7, 11) is 0. The molecule has 0 fully saturated rings. The number of halogens is 2. The number of carbonyl (C=O) groups excluding carboxylic acids is 1. The normalized spacial score (nSPS) is 10.2. The second kappa shape index (κ2) is 5.42. The fraction of sp³-hybridized carbons (Fsp3) is 0.0714. The average molecular weight is 280 g/mol. The van der Waals surface area contributed by atoms with Crippen molar-refractivity contribution >= 4 is 41.0 Å². The lowest BCUT2D eigenvalue weighted by Crippen LogP contribution is -2.14. The van der Waals surface area contributed by atoms with Gasteiger partial charge in [0, 0.05) is 5.69 Å². The maximum Gasteiger partial charge on any atom is 0.218 e. The first-order valence-corrected chi connectivity index (χ1v) is 6.14. The molecule has 1 amide bonds. The minimum absolute atomic E-state index is 0.440. The van der Waals surface area contributed by atoms with Crippen LogP contribution in [0, 0.1) is 6.92 Å². The minimum Gasteiger partial charge on any atom is -0.281 e. The number of nitrogens with zero attached hydrogens (tertiary/aromatic N) is 1. The van der Waals surface area contributed by atoms with Crippen LogP contribution in [-0.2, 0) is 4.79 Å². The van der Waals surface area contributed by atoms with E-state index in [1.165, 1.54) is 4.90 Å².